The Morgan fingerprint density at radius 2 is 1.78 bits per heavy atom. The van der Waals surface area contributed by atoms with E-state index in [1.807, 2.05) is 0 Å². The first-order valence-corrected chi connectivity index (χ1v) is 12.7. The van der Waals surface area contributed by atoms with E-state index in [1.165, 1.54) is 6.08 Å². The molecule has 1 N–H and O–H groups in total. The number of aliphatic imine (C=N–C) groups is 1. The van der Waals surface area contributed by atoms with Crippen LogP contribution in [0.4, 0.5) is 22.0 Å². The van der Waals surface area contributed by atoms with Crippen molar-refractivity contribution < 1.29 is 35.2 Å². The largest absolute Gasteiger partial charge is 0.451 e. The van der Waals surface area contributed by atoms with E-state index in [-0.39, 0.29) is 41.3 Å². The normalized spacial score (nSPS) is 22.9. The van der Waals surface area contributed by atoms with Gasteiger partial charge in [-0.15, -0.1) is 0 Å². The summed E-state index contributed by atoms with van der Waals surface area (Å²) in [6.07, 6.45) is -2.46. The van der Waals surface area contributed by atoms with Crippen molar-refractivity contribution >= 4 is 21.6 Å². The fourth-order valence-corrected chi connectivity index (χ4v) is 6.04. The van der Waals surface area contributed by atoms with Crippen LogP contribution >= 0.6 is 0 Å². The first-order valence-electron chi connectivity index (χ1n) is 11.2. The lowest BCUT2D eigenvalue weighted by atomic mass is 10.0. The summed E-state index contributed by atoms with van der Waals surface area (Å²) in [5.41, 5.74) is 0.407. The number of aromatic nitrogens is 2. The Labute approximate surface area is 209 Å². The number of hydrogen-bond donors (Lipinski definition) is 1. The van der Waals surface area contributed by atoms with E-state index in [2.05, 4.69) is 20.3 Å². The summed E-state index contributed by atoms with van der Waals surface area (Å²) in [6, 6.07) is 2.73. The molecule has 0 saturated carbocycles. The predicted molar refractivity (Wildman–Crippen MR) is 122 cm³/mol. The third-order valence-electron chi connectivity index (χ3n) is 6.11. The molecule has 4 rings (SSSR count). The maximum absolute atomic E-state index is 14.5. The minimum atomic E-state index is -4.71. The van der Waals surface area contributed by atoms with Crippen molar-refractivity contribution in [2.75, 3.05) is 13.1 Å². The highest BCUT2D eigenvalue weighted by Crippen LogP contribution is 2.31. The molecule has 0 radical (unpaired) electrons. The number of carbonyl (C=O) groups is 1. The molecule has 1 fully saturated rings. The monoisotopic (exact) mass is 543 g/mol. The van der Waals surface area contributed by atoms with Crippen LogP contribution in [0.15, 0.2) is 58.2 Å². The minimum Gasteiger partial charge on any atom is -0.351 e. The quantitative estimate of drug-likeness (QED) is 0.564. The van der Waals surface area contributed by atoms with E-state index in [1.54, 1.807) is 6.92 Å². The van der Waals surface area contributed by atoms with Crippen molar-refractivity contribution in [3.63, 3.8) is 0 Å². The number of nitrogens with one attached hydrogen (secondary N) is 1. The Kier molecular flexibility index (Phi) is 7.42. The lowest BCUT2D eigenvalue weighted by Crippen LogP contribution is -2.48. The van der Waals surface area contributed by atoms with Gasteiger partial charge >= 0.3 is 6.18 Å². The van der Waals surface area contributed by atoms with Crippen molar-refractivity contribution in [1.82, 2.24) is 19.6 Å². The van der Waals surface area contributed by atoms with Crippen molar-refractivity contribution in [3.8, 4) is 0 Å². The third kappa shape index (κ3) is 5.69. The van der Waals surface area contributed by atoms with Gasteiger partial charge < -0.3 is 5.32 Å². The molecule has 2 aliphatic rings. The Morgan fingerprint density at radius 3 is 2.41 bits per heavy atom. The number of amides is 1. The van der Waals surface area contributed by atoms with E-state index in [4.69, 9.17) is 0 Å². The maximum atomic E-state index is 14.5. The summed E-state index contributed by atoms with van der Waals surface area (Å²) < 4.78 is 93.3. The highest BCUT2D eigenvalue weighted by molar-refractivity contribution is 7.89. The van der Waals surface area contributed by atoms with Crippen LogP contribution in [0, 0.1) is 5.82 Å². The summed E-state index contributed by atoms with van der Waals surface area (Å²) >= 11 is 0. The molecule has 1 amide bonds. The standard InChI is InChI=1S/C23H22F5N5O3S/c1-13-2-7-20(33(13)37(35,36)17-5-3-16(24)4-6-17)21(34)30-9-14-8-19(29-12-18(14)25)15-10-31-22(32-11-15)23(26,27)28/h3-6,8,10-11,13,18,20H,2,7,9,12H2,1H3,(H,30,34)/t13-,18?,20-/m0/s1. The number of halogens is 5. The first-order chi connectivity index (χ1) is 17.4. The number of sulfonamides is 1. The molecule has 1 saturated heterocycles. The smallest absolute Gasteiger partial charge is 0.351 e. The number of allylic oxidation sites excluding steroid dienone is 1. The number of nitrogens with zero attached hydrogens (tertiary/aromatic N) is 4. The predicted octanol–water partition coefficient (Wildman–Crippen LogP) is 3.06. The van der Waals surface area contributed by atoms with Crippen molar-refractivity contribution in [2.45, 2.75) is 49.1 Å². The molecular weight excluding hydrogens is 521 g/mol. The highest BCUT2D eigenvalue weighted by atomic mass is 32.2. The molecule has 8 nitrogen and oxygen atoms in total. The molecule has 198 valence electrons. The Morgan fingerprint density at radius 1 is 1.14 bits per heavy atom. The van der Waals surface area contributed by atoms with Gasteiger partial charge in [0.1, 0.15) is 18.0 Å². The Balaban J connectivity index is 1.47. The molecule has 0 bridgehead atoms. The lowest BCUT2D eigenvalue weighted by molar-refractivity contribution is -0.145. The van der Waals surface area contributed by atoms with Gasteiger partial charge in [-0.3, -0.25) is 9.79 Å². The van der Waals surface area contributed by atoms with Gasteiger partial charge in [0.15, 0.2) is 0 Å². The molecule has 0 spiro atoms. The van der Waals surface area contributed by atoms with Crippen LogP contribution in [0.1, 0.15) is 31.2 Å². The number of rotatable bonds is 6. The van der Waals surface area contributed by atoms with Gasteiger partial charge in [0.2, 0.25) is 21.8 Å². The summed E-state index contributed by atoms with van der Waals surface area (Å²) in [5.74, 6) is -2.56. The fourth-order valence-electron chi connectivity index (χ4n) is 4.20. The van der Waals surface area contributed by atoms with Gasteiger partial charge in [0, 0.05) is 30.5 Å². The molecule has 1 unspecified atom stereocenters. The van der Waals surface area contributed by atoms with E-state index in [9.17, 15) is 35.2 Å². The number of benzene rings is 1. The average Bonchev–Trinajstić information content (AvgIpc) is 3.25. The average molecular weight is 544 g/mol. The van der Waals surface area contributed by atoms with Crippen LogP contribution < -0.4 is 5.32 Å². The van der Waals surface area contributed by atoms with Crippen LogP contribution in [0.3, 0.4) is 0 Å². The van der Waals surface area contributed by atoms with Gasteiger partial charge in [-0.1, -0.05) is 0 Å². The van der Waals surface area contributed by atoms with Gasteiger partial charge in [-0.25, -0.2) is 27.2 Å². The van der Waals surface area contributed by atoms with E-state index in [0.717, 1.165) is 41.0 Å². The van der Waals surface area contributed by atoms with Crippen LogP contribution in [0.2, 0.25) is 0 Å². The maximum Gasteiger partial charge on any atom is 0.451 e. The molecule has 3 heterocycles. The third-order valence-corrected chi connectivity index (χ3v) is 8.14. The molecule has 0 aliphatic carbocycles. The van der Waals surface area contributed by atoms with E-state index < -0.39 is 52.0 Å². The molecule has 1 aromatic heterocycles. The van der Waals surface area contributed by atoms with Gasteiger partial charge in [0.25, 0.3) is 0 Å². The van der Waals surface area contributed by atoms with E-state index >= 15 is 0 Å². The number of hydrogen-bond acceptors (Lipinski definition) is 6. The first kappa shape index (κ1) is 26.8. The molecule has 1 aromatic carbocycles. The zero-order valence-corrected chi connectivity index (χ0v) is 20.2. The van der Waals surface area contributed by atoms with Crippen LogP contribution in [-0.2, 0) is 21.0 Å². The number of dihydropyridines is 1. The zero-order chi connectivity index (χ0) is 27.0. The van der Waals surface area contributed by atoms with Crippen molar-refractivity contribution in [1.29, 1.82) is 0 Å². The minimum absolute atomic E-state index is 0.109. The summed E-state index contributed by atoms with van der Waals surface area (Å²) in [7, 11) is -4.11. The van der Waals surface area contributed by atoms with E-state index in [0.29, 0.717) is 6.42 Å². The molecule has 3 atom stereocenters. The van der Waals surface area contributed by atoms with Crippen LogP contribution in [0.25, 0.3) is 0 Å². The second-order valence-electron chi connectivity index (χ2n) is 8.65. The lowest BCUT2D eigenvalue weighted by Gasteiger charge is -2.27. The number of alkyl halides is 4. The van der Waals surface area contributed by atoms with Crippen LogP contribution in [-0.4, -0.2) is 65.7 Å². The summed E-state index contributed by atoms with van der Waals surface area (Å²) in [6.45, 7) is 1.07. The second-order valence-corrected chi connectivity index (χ2v) is 10.5. The highest BCUT2D eigenvalue weighted by Gasteiger charge is 2.43. The van der Waals surface area contributed by atoms with Gasteiger partial charge in [-0.05, 0) is 55.7 Å². The molecule has 14 heteroatoms. The zero-order valence-electron chi connectivity index (χ0n) is 19.4. The Hall–Kier alpha value is -3.26. The Bertz CT molecular complexity index is 1330. The van der Waals surface area contributed by atoms with Crippen molar-refractivity contribution in [3.05, 3.63) is 65.5 Å². The second kappa shape index (κ2) is 10.2. The van der Waals surface area contributed by atoms with Crippen LogP contribution in [0.5, 0.6) is 0 Å². The topological polar surface area (TPSA) is 105 Å². The molecule has 2 aliphatic heterocycles. The molecule has 37 heavy (non-hydrogen) atoms. The summed E-state index contributed by atoms with van der Waals surface area (Å²) in [4.78, 5) is 23.4. The van der Waals surface area contributed by atoms with Crippen molar-refractivity contribution in [2.24, 2.45) is 4.99 Å². The van der Waals surface area contributed by atoms with Gasteiger partial charge in [-0.2, -0.15) is 17.5 Å². The molecular formula is C23H22F5N5O3S. The summed E-state index contributed by atoms with van der Waals surface area (Å²) in [5, 5.41) is 2.56. The fraction of sp³-hybridized carbons (Fsp3) is 0.391. The number of carbonyl (C=O) groups excluding carboxylic acids is 1. The molecule has 2 aromatic rings. The van der Waals surface area contributed by atoms with Gasteiger partial charge in [0.05, 0.1) is 17.2 Å². The SMILES string of the molecule is C[C@H]1CC[C@@H](C(=O)NCC2=CC(c3cnc(C(F)(F)F)nc3)=NCC2F)N1S(=O)(=O)c1ccc(F)cc1.